The number of carbonyl (C=O) groups excluding carboxylic acids is 4. The lowest BCUT2D eigenvalue weighted by molar-refractivity contribution is -0.164. The van der Waals surface area contributed by atoms with E-state index in [0.717, 1.165) is 16.8 Å². The van der Waals surface area contributed by atoms with Gasteiger partial charge >= 0.3 is 5.97 Å². The van der Waals surface area contributed by atoms with Crippen LogP contribution in [0.15, 0.2) is 72.8 Å². The van der Waals surface area contributed by atoms with E-state index in [-0.39, 0.29) is 31.4 Å². The van der Waals surface area contributed by atoms with Crippen molar-refractivity contribution < 1.29 is 33.8 Å². The predicted molar refractivity (Wildman–Crippen MR) is 175 cm³/mol. The summed E-state index contributed by atoms with van der Waals surface area (Å²) in [5.41, 5.74) is 1.79. The van der Waals surface area contributed by atoms with Crippen LogP contribution in [0, 0.1) is 25.7 Å². The Labute approximate surface area is 275 Å². The molecule has 8 atom stereocenters. The molecular formula is C37H43N3O7. The number of likely N-dealkylation sites (N-methyl/N-ethyl adjacent to an activating group) is 1. The molecule has 2 aromatic carbocycles. The third kappa shape index (κ3) is 5.37. The van der Waals surface area contributed by atoms with Crippen LogP contribution in [0.25, 0.3) is 0 Å². The van der Waals surface area contributed by atoms with Crippen LogP contribution in [0.3, 0.4) is 0 Å². The van der Waals surface area contributed by atoms with Crippen molar-refractivity contribution in [3.63, 3.8) is 0 Å². The molecule has 1 spiro atoms. The summed E-state index contributed by atoms with van der Waals surface area (Å²) >= 11 is 0. The standard InChI is InChI=1S/C37H43N3O7/c1-22-13-11-14-23(2)31(22)39-20-12-19-37-30(34(43)40(24(3)21-41)33(37)35(39)44)29-27(47-37)17-9-10-18-28(42)38(5)25(4)32(46-36(29)45)26-15-7-6-8-16-26/h6-9,11-17,19,24-25,27,29-30,32-33,41H,10,18,20-21H2,1-5H3/b17-9-/t24-,25-,27-,29+,30+,32+,33-,37+/m1/s1. The Morgan fingerprint density at radius 3 is 2.36 bits per heavy atom. The molecule has 248 valence electrons. The zero-order valence-electron chi connectivity index (χ0n) is 27.5. The molecule has 0 radical (unpaired) electrons. The minimum Gasteiger partial charge on any atom is -0.455 e. The maximum absolute atomic E-state index is 14.8. The number of esters is 1. The van der Waals surface area contributed by atoms with Crippen LogP contribution in [0.5, 0.6) is 0 Å². The highest BCUT2D eigenvalue weighted by Crippen LogP contribution is 2.54. The summed E-state index contributed by atoms with van der Waals surface area (Å²) in [7, 11) is 1.70. The van der Waals surface area contributed by atoms with Crippen molar-refractivity contribution >= 4 is 29.4 Å². The summed E-state index contributed by atoms with van der Waals surface area (Å²) in [5.74, 6) is -3.70. The normalized spacial score (nSPS) is 32.5. The van der Waals surface area contributed by atoms with E-state index in [9.17, 15) is 24.3 Å². The van der Waals surface area contributed by atoms with Crippen LogP contribution in [-0.4, -0.2) is 88.6 Å². The minimum atomic E-state index is -1.50. The number of aliphatic hydroxyl groups excluding tert-OH is 1. The first-order valence-electron chi connectivity index (χ1n) is 16.4. The first-order valence-corrected chi connectivity index (χ1v) is 16.4. The molecule has 2 fully saturated rings. The topological polar surface area (TPSA) is 117 Å². The Kier molecular flexibility index (Phi) is 8.84. The van der Waals surface area contributed by atoms with Gasteiger partial charge in [-0.2, -0.15) is 0 Å². The van der Waals surface area contributed by atoms with Gasteiger partial charge in [0.1, 0.15) is 23.7 Å². The van der Waals surface area contributed by atoms with Crippen molar-refractivity contribution in [1.82, 2.24) is 9.80 Å². The highest BCUT2D eigenvalue weighted by molar-refractivity contribution is 6.06. The van der Waals surface area contributed by atoms with Gasteiger partial charge in [-0.1, -0.05) is 72.8 Å². The largest absolute Gasteiger partial charge is 0.455 e. The van der Waals surface area contributed by atoms with E-state index < -0.39 is 59.6 Å². The van der Waals surface area contributed by atoms with Crippen molar-refractivity contribution in [2.24, 2.45) is 11.8 Å². The SMILES string of the molecule is Cc1cccc(C)c1N1CC=C[C@]23O[C@@H]4/C=C\CCC(=O)N(C)[C@H](C)[C@@H](c5ccccc5)OC(=O)[C@@H]4[C@H]2C(=O)N([C@H](C)CO)[C@@H]3C1=O. The molecule has 0 aliphatic carbocycles. The summed E-state index contributed by atoms with van der Waals surface area (Å²) in [4.78, 5) is 61.7. The lowest BCUT2D eigenvalue weighted by atomic mass is 9.77. The number of hydrogen-bond acceptors (Lipinski definition) is 7. The molecular weight excluding hydrogens is 598 g/mol. The average molecular weight is 642 g/mol. The molecule has 1 N–H and O–H groups in total. The lowest BCUT2D eigenvalue weighted by Crippen LogP contribution is -2.58. The number of carbonyl (C=O) groups is 4. The van der Waals surface area contributed by atoms with Crippen LogP contribution >= 0.6 is 0 Å². The van der Waals surface area contributed by atoms with Gasteiger partial charge in [-0.05, 0) is 50.8 Å². The Hall–Kier alpha value is -4.28. The van der Waals surface area contributed by atoms with E-state index in [0.29, 0.717) is 12.0 Å². The third-order valence-corrected chi connectivity index (χ3v) is 10.3. The molecule has 6 rings (SSSR count). The molecule has 0 aromatic heterocycles. The fourth-order valence-electron chi connectivity index (χ4n) is 7.82. The number of anilines is 1. The van der Waals surface area contributed by atoms with Gasteiger partial charge in [0, 0.05) is 25.7 Å². The third-order valence-electron chi connectivity index (χ3n) is 10.3. The van der Waals surface area contributed by atoms with Crippen LogP contribution < -0.4 is 4.90 Å². The summed E-state index contributed by atoms with van der Waals surface area (Å²) in [6.45, 7) is 7.27. The molecule has 47 heavy (non-hydrogen) atoms. The predicted octanol–water partition coefficient (Wildman–Crippen LogP) is 3.65. The number of ether oxygens (including phenoxy) is 2. The molecule has 4 heterocycles. The number of hydrogen-bond donors (Lipinski definition) is 1. The molecule has 0 unspecified atom stereocenters. The van der Waals surface area contributed by atoms with Gasteiger partial charge in [0.05, 0.1) is 30.7 Å². The number of amides is 3. The second-order valence-electron chi connectivity index (χ2n) is 13.2. The van der Waals surface area contributed by atoms with Crippen molar-refractivity contribution in [2.45, 2.75) is 76.5 Å². The summed E-state index contributed by atoms with van der Waals surface area (Å²) in [6, 6.07) is 12.7. The van der Waals surface area contributed by atoms with Crippen molar-refractivity contribution in [3.8, 4) is 0 Å². The number of para-hydroxylation sites is 1. The Bertz CT molecular complexity index is 1600. The molecule has 0 saturated carbocycles. The van der Waals surface area contributed by atoms with E-state index in [1.807, 2.05) is 75.4 Å². The van der Waals surface area contributed by atoms with Gasteiger partial charge in [0.15, 0.2) is 0 Å². The summed E-state index contributed by atoms with van der Waals surface area (Å²) < 4.78 is 13.1. The van der Waals surface area contributed by atoms with E-state index in [4.69, 9.17) is 9.47 Å². The highest BCUT2D eigenvalue weighted by atomic mass is 16.6. The first kappa shape index (κ1) is 32.7. The first-order chi connectivity index (χ1) is 22.5. The maximum Gasteiger partial charge on any atom is 0.313 e. The summed E-state index contributed by atoms with van der Waals surface area (Å²) in [6.07, 6.45) is 6.08. The number of benzene rings is 2. The molecule has 10 nitrogen and oxygen atoms in total. The van der Waals surface area contributed by atoms with Crippen LogP contribution in [0.4, 0.5) is 5.69 Å². The van der Waals surface area contributed by atoms with Crippen molar-refractivity contribution in [1.29, 1.82) is 0 Å². The lowest BCUT2D eigenvalue weighted by Gasteiger charge is -2.38. The maximum atomic E-state index is 14.8. The van der Waals surface area contributed by atoms with E-state index >= 15 is 0 Å². The fourth-order valence-corrected chi connectivity index (χ4v) is 7.82. The molecule has 10 heteroatoms. The van der Waals surface area contributed by atoms with Gasteiger partial charge < -0.3 is 29.3 Å². The Balaban J connectivity index is 1.47. The molecule has 3 amide bonds. The molecule has 4 aliphatic rings. The second kappa shape index (κ2) is 12.7. The van der Waals surface area contributed by atoms with Crippen LogP contribution in [-0.2, 0) is 28.7 Å². The number of rotatable bonds is 4. The van der Waals surface area contributed by atoms with Crippen LogP contribution in [0.2, 0.25) is 0 Å². The monoisotopic (exact) mass is 641 g/mol. The minimum absolute atomic E-state index is 0.0909. The Morgan fingerprint density at radius 2 is 1.68 bits per heavy atom. The quantitative estimate of drug-likeness (QED) is 0.400. The molecule has 2 saturated heterocycles. The van der Waals surface area contributed by atoms with Gasteiger partial charge in [0.2, 0.25) is 11.8 Å². The number of aliphatic hydroxyl groups is 1. The van der Waals surface area contributed by atoms with Gasteiger partial charge in [-0.15, -0.1) is 0 Å². The molecule has 4 aliphatic heterocycles. The molecule has 0 bridgehead atoms. The van der Waals surface area contributed by atoms with Crippen LogP contribution in [0.1, 0.15) is 49.5 Å². The number of aryl methyl sites for hydroxylation is 2. The smallest absolute Gasteiger partial charge is 0.313 e. The van der Waals surface area contributed by atoms with E-state index in [1.54, 1.807) is 42.0 Å². The average Bonchev–Trinajstić information content (AvgIpc) is 3.46. The zero-order valence-corrected chi connectivity index (χ0v) is 27.5. The number of allylic oxidation sites excluding steroid dienone is 1. The van der Waals surface area contributed by atoms with E-state index in [2.05, 4.69) is 0 Å². The van der Waals surface area contributed by atoms with Gasteiger partial charge in [-0.25, -0.2) is 0 Å². The van der Waals surface area contributed by atoms with Crippen molar-refractivity contribution in [2.75, 3.05) is 25.1 Å². The number of likely N-dealkylation sites (tertiary alicyclic amines) is 1. The zero-order chi connectivity index (χ0) is 33.6. The van der Waals surface area contributed by atoms with Crippen molar-refractivity contribution in [3.05, 3.63) is 89.5 Å². The highest BCUT2D eigenvalue weighted by Gasteiger charge is 2.72. The van der Waals surface area contributed by atoms with Gasteiger partial charge in [-0.3, -0.25) is 19.2 Å². The van der Waals surface area contributed by atoms with E-state index in [1.165, 1.54) is 4.90 Å². The summed E-state index contributed by atoms with van der Waals surface area (Å²) in [5, 5.41) is 10.3. The number of fused-ring (bicyclic) bond motifs is 2. The second-order valence-corrected chi connectivity index (χ2v) is 13.2. The van der Waals surface area contributed by atoms with Gasteiger partial charge in [0.25, 0.3) is 5.91 Å². The number of nitrogens with zero attached hydrogens (tertiary/aromatic N) is 3. The number of cyclic esters (lactones) is 1. The Morgan fingerprint density at radius 1 is 0.979 bits per heavy atom. The fraction of sp³-hybridized carbons (Fsp3) is 0.459. The molecule has 2 aromatic rings.